The summed E-state index contributed by atoms with van der Waals surface area (Å²) in [5.41, 5.74) is 0.664. The van der Waals surface area contributed by atoms with E-state index in [1.807, 2.05) is 13.0 Å². The number of rotatable bonds is 3. The Bertz CT molecular complexity index is 383. The van der Waals surface area contributed by atoms with E-state index in [0.717, 1.165) is 26.2 Å². The fraction of sp³-hybridized carbons (Fsp3) is 0.538. The molecule has 1 aliphatic heterocycles. The van der Waals surface area contributed by atoms with E-state index >= 15 is 0 Å². The molecule has 1 N–H and O–H groups in total. The average Bonchev–Trinajstić information content (AvgIpc) is 2.38. The number of nitrogens with zero attached hydrogens (tertiary/aromatic N) is 1. The number of hydrogen-bond acceptors (Lipinski definition) is 3. The molecular formula is C13H20ClFN2O. The van der Waals surface area contributed by atoms with Crippen molar-refractivity contribution in [2.45, 2.75) is 13.0 Å². The lowest BCUT2D eigenvalue weighted by molar-refractivity contribution is 0.179. The predicted molar refractivity (Wildman–Crippen MR) is 73.1 cm³/mol. The van der Waals surface area contributed by atoms with Gasteiger partial charge in [0.2, 0.25) is 0 Å². The van der Waals surface area contributed by atoms with Crippen LogP contribution in [0.4, 0.5) is 4.39 Å². The second kappa shape index (κ2) is 6.92. The smallest absolute Gasteiger partial charge is 0.131 e. The summed E-state index contributed by atoms with van der Waals surface area (Å²) in [7, 11) is 1.59. The molecule has 0 aliphatic carbocycles. The van der Waals surface area contributed by atoms with E-state index in [1.54, 1.807) is 13.2 Å². The molecule has 1 aliphatic rings. The highest BCUT2D eigenvalue weighted by Gasteiger charge is 2.23. The molecule has 0 unspecified atom stereocenters. The van der Waals surface area contributed by atoms with Gasteiger partial charge in [0.05, 0.1) is 7.11 Å². The highest BCUT2D eigenvalue weighted by Crippen LogP contribution is 2.31. The van der Waals surface area contributed by atoms with E-state index in [4.69, 9.17) is 4.74 Å². The summed E-state index contributed by atoms with van der Waals surface area (Å²) in [5.74, 6) is 0.450. The Balaban J connectivity index is 0.00000162. The van der Waals surface area contributed by atoms with Gasteiger partial charge in [-0.2, -0.15) is 0 Å². The molecule has 0 saturated carbocycles. The highest BCUT2D eigenvalue weighted by molar-refractivity contribution is 5.85. The number of halogens is 2. The molecule has 0 aromatic heterocycles. The van der Waals surface area contributed by atoms with Crippen LogP contribution in [0.15, 0.2) is 18.2 Å². The molecule has 1 heterocycles. The van der Waals surface area contributed by atoms with Crippen molar-refractivity contribution in [1.29, 1.82) is 0 Å². The van der Waals surface area contributed by atoms with Crippen LogP contribution in [0.1, 0.15) is 18.5 Å². The lowest BCUT2D eigenvalue weighted by Crippen LogP contribution is -2.44. The van der Waals surface area contributed by atoms with Crippen molar-refractivity contribution in [3.05, 3.63) is 29.6 Å². The molecular weight excluding hydrogens is 255 g/mol. The molecule has 0 amide bonds. The van der Waals surface area contributed by atoms with Crippen molar-refractivity contribution in [3.63, 3.8) is 0 Å². The van der Waals surface area contributed by atoms with Crippen LogP contribution in [-0.4, -0.2) is 38.2 Å². The maximum absolute atomic E-state index is 13.9. The van der Waals surface area contributed by atoms with E-state index < -0.39 is 0 Å². The van der Waals surface area contributed by atoms with Crippen LogP contribution in [0.25, 0.3) is 0 Å². The minimum atomic E-state index is -0.185. The van der Waals surface area contributed by atoms with Gasteiger partial charge in [-0.1, -0.05) is 6.07 Å². The number of ether oxygens (including phenoxy) is 1. The molecule has 5 heteroatoms. The molecule has 0 bridgehead atoms. The Morgan fingerprint density at radius 3 is 2.61 bits per heavy atom. The fourth-order valence-corrected chi connectivity index (χ4v) is 2.35. The molecule has 2 rings (SSSR count). The second-order valence-corrected chi connectivity index (χ2v) is 4.32. The zero-order valence-corrected chi connectivity index (χ0v) is 11.6. The lowest BCUT2D eigenvalue weighted by Gasteiger charge is -2.33. The van der Waals surface area contributed by atoms with Crippen molar-refractivity contribution >= 4 is 12.4 Å². The number of nitrogens with one attached hydrogen (secondary N) is 1. The van der Waals surface area contributed by atoms with E-state index in [2.05, 4.69) is 10.2 Å². The van der Waals surface area contributed by atoms with Gasteiger partial charge < -0.3 is 10.1 Å². The normalized spacial score (nSPS) is 17.9. The number of benzene rings is 1. The van der Waals surface area contributed by atoms with Gasteiger partial charge >= 0.3 is 0 Å². The van der Waals surface area contributed by atoms with Gasteiger partial charge in [-0.05, 0) is 19.1 Å². The molecule has 18 heavy (non-hydrogen) atoms. The highest BCUT2D eigenvalue weighted by atomic mass is 35.5. The van der Waals surface area contributed by atoms with E-state index in [-0.39, 0.29) is 24.3 Å². The second-order valence-electron chi connectivity index (χ2n) is 4.32. The zero-order valence-electron chi connectivity index (χ0n) is 10.8. The summed E-state index contributed by atoms with van der Waals surface area (Å²) in [4.78, 5) is 2.28. The molecule has 102 valence electrons. The molecule has 3 nitrogen and oxygen atoms in total. The van der Waals surface area contributed by atoms with Crippen LogP contribution in [0, 0.1) is 5.82 Å². The third-order valence-electron chi connectivity index (χ3n) is 3.35. The fourth-order valence-electron chi connectivity index (χ4n) is 2.35. The van der Waals surface area contributed by atoms with Gasteiger partial charge in [-0.25, -0.2) is 4.39 Å². The average molecular weight is 275 g/mol. The van der Waals surface area contributed by atoms with Crippen LogP contribution >= 0.6 is 12.4 Å². The zero-order chi connectivity index (χ0) is 12.3. The summed E-state index contributed by atoms with van der Waals surface area (Å²) in [5, 5.41) is 3.30. The largest absolute Gasteiger partial charge is 0.496 e. The van der Waals surface area contributed by atoms with E-state index in [9.17, 15) is 4.39 Å². The van der Waals surface area contributed by atoms with Crippen LogP contribution in [-0.2, 0) is 0 Å². The van der Waals surface area contributed by atoms with Crippen LogP contribution < -0.4 is 10.1 Å². The van der Waals surface area contributed by atoms with Crippen LogP contribution in [0.2, 0.25) is 0 Å². The van der Waals surface area contributed by atoms with E-state index in [0.29, 0.717) is 11.3 Å². The molecule has 0 spiro atoms. The first-order valence-corrected chi connectivity index (χ1v) is 6.01. The maximum Gasteiger partial charge on any atom is 0.131 e. The van der Waals surface area contributed by atoms with Crippen molar-refractivity contribution in [2.75, 3.05) is 33.3 Å². The molecule has 1 aromatic carbocycles. The van der Waals surface area contributed by atoms with Gasteiger partial charge in [-0.15, -0.1) is 12.4 Å². The Morgan fingerprint density at radius 1 is 1.33 bits per heavy atom. The number of methoxy groups -OCH3 is 1. The third kappa shape index (κ3) is 3.13. The molecule has 0 radical (unpaired) electrons. The SMILES string of the molecule is COc1cccc(F)c1[C@H](C)N1CCNCC1.Cl. The first kappa shape index (κ1) is 15.2. The van der Waals surface area contributed by atoms with Crippen molar-refractivity contribution in [3.8, 4) is 5.75 Å². The van der Waals surface area contributed by atoms with Gasteiger partial charge in [-0.3, -0.25) is 4.90 Å². The maximum atomic E-state index is 13.9. The Labute approximate surface area is 114 Å². The Hall–Kier alpha value is -0.840. The summed E-state index contributed by atoms with van der Waals surface area (Å²) >= 11 is 0. The predicted octanol–water partition coefficient (Wildman–Crippen LogP) is 2.22. The summed E-state index contributed by atoms with van der Waals surface area (Å²) < 4.78 is 19.2. The van der Waals surface area contributed by atoms with E-state index in [1.165, 1.54) is 6.07 Å². The van der Waals surface area contributed by atoms with Crippen LogP contribution in [0.3, 0.4) is 0 Å². The lowest BCUT2D eigenvalue weighted by atomic mass is 10.0. The third-order valence-corrected chi connectivity index (χ3v) is 3.35. The Kier molecular flexibility index (Phi) is 5.85. The summed E-state index contributed by atoms with van der Waals surface area (Å²) in [6.45, 7) is 5.84. The monoisotopic (exact) mass is 274 g/mol. The molecule has 1 fully saturated rings. The van der Waals surface area contributed by atoms with Gasteiger partial charge in [0.1, 0.15) is 11.6 Å². The standard InChI is InChI=1S/C13H19FN2O.ClH/c1-10(16-8-6-15-7-9-16)13-11(14)4-3-5-12(13)17-2;/h3-5,10,15H,6-9H2,1-2H3;1H/t10-;/m0./s1. The molecule has 1 aromatic rings. The minimum Gasteiger partial charge on any atom is -0.496 e. The number of hydrogen-bond donors (Lipinski definition) is 1. The quantitative estimate of drug-likeness (QED) is 0.915. The van der Waals surface area contributed by atoms with Crippen molar-refractivity contribution < 1.29 is 9.13 Å². The van der Waals surface area contributed by atoms with Crippen LogP contribution in [0.5, 0.6) is 5.75 Å². The van der Waals surface area contributed by atoms with Gasteiger partial charge in [0.25, 0.3) is 0 Å². The van der Waals surface area contributed by atoms with Gasteiger partial charge in [0.15, 0.2) is 0 Å². The van der Waals surface area contributed by atoms with Gasteiger partial charge in [0, 0.05) is 37.8 Å². The molecule has 1 atom stereocenters. The molecule has 1 saturated heterocycles. The summed E-state index contributed by atoms with van der Waals surface area (Å²) in [6, 6.07) is 5.05. The summed E-state index contributed by atoms with van der Waals surface area (Å²) in [6.07, 6.45) is 0. The number of piperazine rings is 1. The van der Waals surface area contributed by atoms with Crippen molar-refractivity contribution in [1.82, 2.24) is 10.2 Å². The van der Waals surface area contributed by atoms with Crippen molar-refractivity contribution in [2.24, 2.45) is 0 Å². The first-order valence-electron chi connectivity index (χ1n) is 6.01. The first-order chi connectivity index (χ1) is 8.24. The Morgan fingerprint density at radius 2 is 2.00 bits per heavy atom. The topological polar surface area (TPSA) is 24.5 Å². The minimum absolute atomic E-state index is 0.